The van der Waals surface area contributed by atoms with Crippen LogP contribution in [0.1, 0.15) is 91.0 Å². The maximum atomic E-state index is 9.24. The van der Waals surface area contributed by atoms with Crippen LogP contribution in [0.25, 0.3) is 0 Å². The van der Waals surface area contributed by atoms with Gasteiger partial charge in [0.15, 0.2) is 0 Å². The number of fused-ring (bicyclic) bond motifs is 5. The van der Waals surface area contributed by atoms with Gasteiger partial charge in [0.05, 0.1) is 30.5 Å². The largest absolute Gasteiger partial charge is 0.384 e. The first-order valence-corrected chi connectivity index (χ1v) is 14.1. The number of methoxy groups -OCH3 is 2. The minimum atomic E-state index is -0.275. The fourth-order valence-electron chi connectivity index (χ4n) is 10.2. The molecule has 0 spiro atoms. The SMILES string of the molecule is COC[C@@]1(C)CC[C@@]2(C)[C@H](CC[C@@H]3[C@@H]2CC[C@@]2(C)[C@H]3CC[C@@H]2[C@@](C)(Cn2cc(C#N)cn2)OC)C1. The van der Waals surface area contributed by atoms with Crippen LogP contribution in [0, 0.1) is 57.2 Å². The minimum Gasteiger partial charge on any atom is -0.384 e. The van der Waals surface area contributed by atoms with Crippen LogP contribution in [-0.4, -0.2) is 36.2 Å². The molecular formula is C30H47N3O2. The van der Waals surface area contributed by atoms with E-state index in [0.717, 1.165) is 30.3 Å². The van der Waals surface area contributed by atoms with Crippen LogP contribution in [0.4, 0.5) is 0 Å². The second-order valence-electron chi connectivity index (χ2n) is 13.8. The van der Waals surface area contributed by atoms with Crippen LogP contribution < -0.4 is 0 Å². The van der Waals surface area contributed by atoms with Crippen molar-refractivity contribution in [3.63, 3.8) is 0 Å². The predicted molar refractivity (Wildman–Crippen MR) is 138 cm³/mol. The molecule has 0 saturated heterocycles. The molecule has 35 heavy (non-hydrogen) atoms. The van der Waals surface area contributed by atoms with Gasteiger partial charge in [-0.15, -0.1) is 0 Å². The second-order valence-corrected chi connectivity index (χ2v) is 13.8. The lowest BCUT2D eigenvalue weighted by molar-refractivity contribution is -0.157. The summed E-state index contributed by atoms with van der Waals surface area (Å²) in [5, 5.41) is 13.7. The Labute approximate surface area is 212 Å². The molecule has 1 heterocycles. The summed E-state index contributed by atoms with van der Waals surface area (Å²) >= 11 is 0. The van der Waals surface area contributed by atoms with Gasteiger partial charge in [-0.25, -0.2) is 0 Å². The number of nitriles is 1. The van der Waals surface area contributed by atoms with Crippen molar-refractivity contribution >= 4 is 0 Å². The maximum absolute atomic E-state index is 9.24. The van der Waals surface area contributed by atoms with Gasteiger partial charge in [0.2, 0.25) is 0 Å². The van der Waals surface area contributed by atoms with E-state index in [1.54, 1.807) is 6.20 Å². The predicted octanol–water partition coefficient (Wildman–Crippen LogP) is 6.47. The van der Waals surface area contributed by atoms with Gasteiger partial charge < -0.3 is 9.47 Å². The minimum absolute atomic E-state index is 0.275. The Balaban J connectivity index is 1.36. The summed E-state index contributed by atoms with van der Waals surface area (Å²) < 4.78 is 13.9. The van der Waals surface area contributed by atoms with Crippen LogP contribution in [0.3, 0.4) is 0 Å². The van der Waals surface area contributed by atoms with Crippen molar-refractivity contribution in [1.29, 1.82) is 5.26 Å². The van der Waals surface area contributed by atoms with Crippen molar-refractivity contribution in [3.05, 3.63) is 18.0 Å². The van der Waals surface area contributed by atoms with Gasteiger partial charge in [0.1, 0.15) is 6.07 Å². The van der Waals surface area contributed by atoms with E-state index in [9.17, 15) is 5.26 Å². The van der Waals surface area contributed by atoms with Crippen molar-refractivity contribution in [1.82, 2.24) is 9.78 Å². The number of nitrogens with zero attached hydrogens (tertiary/aromatic N) is 3. The lowest BCUT2D eigenvalue weighted by atomic mass is 9.43. The molecule has 0 aromatic carbocycles. The normalized spacial score (nSPS) is 44.5. The zero-order valence-corrected chi connectivity index (χ0v) is 23.0. The highest BCUT2D eigenvalue weighted by atomic mass is 16.5. The monoisotopic (exact) mass is 481 g/mol. The fraction of sp³-hybridized carbons (Fsp3) is 0.867. The van der Waals surface area contributed by atoms with Gasteiger partial charge >= 0.3 is 0 Å². The summed E-state index contributed by atoms with van der Waals surface area (Å²) in [5.74, 6) is 3.92. The van der Waals surface area contributed by atoms with E-state index >= 15 is 0 Å². The Kier molecular flexibility index (Phi) is 6.41. The molecule has 4 aliphatic carbocycles. The Hall–Kier alpha value is -1.38. The molecule has 0 unspecified atom stereocenters. The second kappa shape index (κ2) is 8.88. The summed E-state index contributed by atoms with van der Waals surface area (Å²) in [6.45, 7) is 11.6. The van der Waals surface area contributed by atoms with Gasteiger partial charge in [-0.1, -0.05) is 20.8 Å². The molecule has 5 rings (SSSR count). The average Bonchev–Trinajstić information content (AvgIpc) is 3.43. The first-order valence-electron chi connectivity index (χ1n) is 14.1. The lowest BCUT2D eigenvalue weighted by Crippen LogP contribution is -2.56. The third-order valence-electron chi connectivity index (χ3n) is 12.0. The Bertz CT molecular complexity index is 969. The number of hydrogen-bond acceptors (Lipinski definition) is 4. The van der Waals surface area contributed by atoms with Crippen LogP contribution in [-0.2, 0) is 16.0 Å². The van der Waals surface area contributed by atoms with Crippen molar-refractivity contribution in [2.45, 2.75) is 97.6 Å². The zero-order chi connectivity index (χ0) is 25.1. The van der Waals surface area contributed by atoms with Crippen molar-refractivity contribution in [2.24, 2.45) is 45.8 Å². The molecule has 0 aliphatic heterocycles. The molecule has 4 aliphatic rings. The highest BCUT2D eigenvalue weighted by Gasteiger charge is 2.63. The Morgan fingerprint density at radius 3 is 2.51 bits per heavy atom. The zero-order valence-electron chi connectivity index (χ0n) is 23.0. The summed E-state index contributed by atoms with van der Waals surface area (Å²) in [4.78, 5) is 0. The number of hydrogen-bond donors (Lipinski definition) is 0. The van der Waals surface area contributed by atoms with E-state index in [1.165, 1.54) is 57.8 Å². The van der Waals surface area contributed by atoms with Gasteiger partial charge in [0.25, 0.3) is 0 Å². The fourth-order valence-corrected chi connectivity index (χ4v) is 10.2. The molecule has 0 bridgehead atoms. The standard InChI is InChI=1S/C30H47N3O2/c1-27(20-34-5)13-14-28(2)22(15-27)7-8-23-24-9-10-26(29(24,3)12-11-25(23)28)30(4,35-6)19-33-18-21(16-31)17-32-33/h17-18,22-26H,7-15,19-20H2,1-6H3/t22-,23+,24+,25+,26+,27+,28+,29+,30-/m1/s1. The number of aromatic nitrogens is 2. The van der Waals surface area contributed by atoms with Crippen molar-refractivity contribution in [3.8, 4) is 6.07 Å². The van der Waals surface area contributed by atoms with Gasteiger partial charge in [-0.2, -0.15) is 10.4 Å². The number of ether oxygens (including phenoxy) is 2. The highest BCUT2D eigenvalue weighted by molar-refractivity contribution is 5.22. The molecule has 5 nitrogen and oxygen atoms in total. The van der Waals surface area contributed by atoms with E-state index in [0.29, 0.717) is 34.3 Å². The van der Waals surface area contributed by atoms with Crippen LogP contribution >= 0.6 is 0 Å². The molecule has 5 heteroatoms. The van der Waals surface area contributed by atoms with Crippen LogP contribution in [0.2, 0.25) is 0 Å². The quantitative estimate of drug-likeness (QED) is 0.467. The van der Waals surface area contributed by atoms with Gasteiger partial charge in [-0.3, -0.25) is 4.68 Å². The first kappa shape index (κ1) is 25.3. The molecule has 4 saturated carbocycles. The van der Waals surface area contributed by atoms with E-state index in [2.05, 4.69) is 38.9 Å². The first-order chi connectivity index (χ1) is 16.6. The third-order valence-corrected chi connectivity index (χ3v) is 12.0. The molecule has 9 atom stereocenters. The molecule has 0 N–H and O–H groups in total. The third kappa shape index (κ3) is 3.98. The summed E-state index contributed by atoms with van der Waals surface area (Å²) in [7, 11) is 3.75. The van der Waals surface area contributed by atoms with Crippen LogP contribution in [0.5, 0.6) is 0 Å². The van der Waals surface area contributed by atoms with Crippen molar-refractivity contribution in [2.75, 3.05) is 20.8 Å². The van der Waals surface area contributed by atoms with E-state index in [1.807, 2.05) is 25.1 Å². The Morgan fingerprint density at radius 1 is 1.06 bits per heavy atom. The molecule has 4 fully saturated rings. The van der Waals surface area contributed by atoms with Gasteiger partial charge in [-0.05, 0) is 111 Å². The molecule has 194 valence electrons. The summed E-state index contributed by atoms with van der Waals surface area (Å²) in [6, 6.07) is 2.21. The molecule has 1 aromatic rings. The highest BCUT2D eigenvalue weighted by Crippen LogP contribution is 2.69. The summed E-state index contributed by atoms with van der Waals surface area (Å²) in [6.07, 6.45) is 15.7. The maximum Gasteiger partial charge on any atom is 0.102 e. The molecule has 0 radical (unpaired) electrons. The van der Waals surface area contributed by atoms with E-state index in [4.69, 9.17) is 9.47 Å². The summed E-state index contributed by atoms with van der Waals surface area (Å²) in [5.41, 5.74) is 1.54. The Morgan fingerprint density at radius 2 is 1.83 bits per heavy atom. The molecule has 0 amide bonds. The lowest BCUT2D eigenvalue weighted by Gasteiger charge is -2.63. The van der Waals surface area contributed by atoms with E-state index in [-0.39, 0.29) is 5.60 Å². The van der Waals surface area contributed by atoms with Gasteiger partial charge in [0, 0.05) is 20.4 Å². The van der Waals surface area contributed by atoms with Crippen LogP contribution in [0.15, 0.2) is 12.4 Å². The molecular weight excluding hydrogens is 434 g/mol. The average molecular weight is 482 g/mol. The smallest absolute Gasteiger partial charge is 0.102 e. The van der Waals surface area contributed by atoms with Crippen molar-refractivity contribution < 1.29 is 9.47 Å². The topological polar surface area (TPSA) is 60.1 Å². The molecule has 1 aromatic heterocycles. The number of rotatable bonds is 6. The van der Waals surface area contributed by atoms with E-state index < -0.39 is 0 Å².